The van der Waals surface area contributed by atoms with Crippen LogP contribution in [0.15, 0.2) is 0 Å². The molecule has 0 aliphatic carbocycles. The number of carbonyl (C=O) groups is 2. The van der Waals surface area contributed by atoms with Gasteiger partial charge in [-0.05, 0) is 31.2 Å². The summed E-state index contributed by atoms with van der Waals surface area (Å²) in [6, 6.07) is -0.245. The van der Waals surface area contributed by atoms with Gasteiger partial charge in [0, 0.05) is 25.6 Å². The summed E-state index contributed by atoms with van der Waals surface area (Å²) in [5, 5.41) is 0. The number of hydrogen-bond acceptors (Lipinski definition) is 3. The Balaban J connectivity index is 2.04. The average molecular weight is 281 g/mol. The van der Waals surface area contributed by atoms with Crippen molar-refractivity contribution in [3.05, 3.63) is 0 Å². The van der Waals surface area contributed by atoms with E-state index < -0.39 is 0 Å². The molecular formula is C15H27N3O2. The van der Waals surface area contributed by atoms with E-state index in [1.807, 2.05) is 18.7 Å². The molecule has 0 aromatic heterocycles. The molecule has 2 unspecified atom stereocenters. The van der Waals surface area contributed by atoms with E-state index in [1.54, 1.807) is 4.90 Å². The van der Waals surface area contributed by atoms with Crippen LogP contribution in [0.1, 0.15) is 40.0 Å². The number of rotatable bonds is 3. The molecule has 114 valence electrons. The molecule has 2 amide bonds. The second-order valence-electron chi connectivity index (χ2n) is 6.87. The minimum absolute atomic E-state index is 0.0428. The number of likely N-dealkylation sites (tertiary alicyclic amines) is 2. The summed E-state index contributed by atoms with van der Waals surface area (Å²) >= 11 is 0. The highest BCUT2D eigenvalue weighted by Gasteiger charge is 2.41. The van der Waals surface area contributed by atoms with Crippen molar-refractivity contribution in [2.45, 2.75) is 46.1 Å². The molecule has 0 saturated carbocycles. The van der Waals surface area contributed by atoms with Crippen molar-refractivity contribution in [1.29, 1.82) is 0 Å². The predicted molar refractivity (Wildman–Crippen MR) is 77.9 cm³/mol. The summed E-state index contributed by atoms with van der Waals surface area (Å²) in [5.41, 5.74) is 5.84. The Morgan fingerprint density at radius 2 is 2.05 bits per heavy atom. The maximum absolute atomic E-state index is 12.7. The lowest BCUT2D eigenvalue weighted by Gasteiger charge is -2.30. The van der Waals surface area contributed by atoms with Crippen LogP contribution in [-0.2, 0) is 9.59 Å². The van der Waals surface area contributed by atoms with Crippen LogP contribution >= 0.6 is 0 Å². The Labute approximate surface area is 121 Å². The van der Waals surface area contributed by atoms with Gasteiger partial charge in [0.15, 0.2) is 0 Å². The van der Waals surface area contributed by atoms with E-state index in [2.05, 4.69) is 6.92 Å². The van der Waals surface area contributed by atoms with E-state index in [9.17, 15) is 9.59 Å². The van der Waals surface area contributed by atoms with Crippen molar-refractivity contribution in [2.75, 3.05) is 26.2 Å². The minimum Gasteiger partial charge on any atom is -0.340 e. The molecular weight excluding hydrogens is 254 g/mol. The molecule has 0 aromatic carbocycles. The molecule has 2 atom stereocenters. The standard InChI is InChI=1S/C15H27N3O2/c1-11(2)13(19)18-7-4-5-12(18)14(20)17-8-6-15(3,9-16)10-17/h11-12H,4-10,16H2,1-3H3. The molecule has 0 radical (unpaired) electrons. The average Bonchev–Trinajstić information content (AvgIpc) is 3.04. The van der Waals surface area contributed by atoms with Crippen LogP contribution in [0.5, 0.6) is 0 Å². The number of carbonyl (C=O) groups excluding carboxylic acids is 2. The highest BCUT2D eigenvalue weighted by Crippen LogP contribution is 2.31. The zero-order valence-corrected chi connectivity index (χ0v) is 12.9. The van der Waals surface area contributed by atoms with E-state index in [1.165, 1.54) is 0 Å². The van der Waals surface area contributed by atoms with Gasteiger partial charge in [-0.2, -0.15) is 0 Å². The molecule has 0 bridgehead atoms. The Kier molecular flexibility index (Phi) is 4.37. The lowest BCUT2D eigenvalue weighted by Crippen LogP contribution is -2.48. The van der Waals surface area contributed by atoms with Gasteiger partial charge in [-0.3, -0.25) is 9.59 Å². The van der Waals surface area contributed by atoms with E-state index in [4.69, 9.17) is 5.73 Å². The van der Waals surface area contributed by atoms with Crippen molar-refractivity contribution in [3.8, 4) is 0 Å². The summed E-state index contributed by atoms with van der Waals surface area (Å²) in [6.45, 7) is 8.74. The lowest BCUT2D eigenvalue weighted by molar-refractivity contribution is -0.145. The molecule has 20 heavy (non-hydrogen) atoms. The van der Waals surface area contributed by atoms with Crippen LogP contribution < -0.4 is 5.73 Å². The van der Waals surface area contributed by atoms with E-state index in [-0.39, 0.29) is 29.2 Å². The normalized spacial score (nSPS) is 30.4. The second kappa shape index (κ2) is 5.72. The van der Waals surface area contributed by atoms with Gasteiger partial charge in [0.1, 0.15) is 6.04 Å². The van der Waals surface area contributed by atoms with Crippen molar-refractivity contribution >= 4 is 11.8 Å². The Morgan fingerprint density at radius 1 is 1.35 bits per heavy atom. The van der Waals surface area contributed by atoms with E-state index in [0.29, 0.717) is 6.54 Å². The predicted octanol–water partition coefficient (Wildman–Crippen LogP) is 0.831. The molecule has 2 aliphatic rings. The third-order valence-corrected chi connectivity index (χ3v) is 4.68. The van der Waals surface area contributed by atoms with E-state index >= 15 is 0 Å². The third kappa shape index (κ3) is 2.82. The fourth-order valence-electron chi connectivity index (χ4n) is 3.21. The molecule has 0 spiro atoms. The van der Waals surface area contributed by atoms with Crippen LogP contribution in [0.2, 0.25) is 0 Å². The van der Waals surface area contributed by atoms with E-state index in [0.717, 1.165) is 38.9 Å². The Hall–Kier alpha value is -1.10. The van der Waals surface area contributed by atoms with Gasteiger partial charge in [-0.25, -0.2) is 0 Å². The van der Waals surface area contributed by atoms with Crippen LogP contribution in [0.25, 0.3) is 0 Å². The van der Waals surface area contributed by atoms with Gasteiger partial charge in [0.2, 0.25) is 11.8 Å². The fourth-order valence-corrected chi connectivity index (χ4v) is 3.21. The first-order chi connectivity index (χ1) is 9.38. The van der Waals surface area contributed by atoms with Crippen LogP contribution in [0.3, 0.4) is 0 Å². The summed E-state index contributed by atoms with van der Waals surface area (Å²) in [7, 11) is 0. The molecule has 0 aromatic rings. The summed E-state index contributed by atoms with van der Waals surface area (Å²) in [5.74, 6) is 0.173. The first kappa shape index (κ1) is 15.3. The van der Waals surface area contributed by atoms with Gasteiger partial charge < -0.3 is 15.5 Å². The van der Waals surface area contributed by atoms with Gasteiger partial charge in [-0.15, -0.1) is 0 Å². The zero-order valence-electron chi connectivity index (χ0n) is 12.9. The van der Waals surface area contributed by atoms with Crippen molar-refractivity contribution in [1.82, 2.24) is 9.80 Å². The van der Waals surface area contributed by atoms with Crippen LogP contribution in [0.4, 0.5) is 0 Å². The zero-order chi connectivity index (χ0) is 14.9. The third-order valence-electron chi connectivity index (χ3n) is 4.68. The Morgan fingerprint density at radius 3 is 2.60 bits per heavy atom. The highest BCUT2D eigenvalue weighted by molar-refractivity contribution is 5.89. The number of nitrogens with zero attached hydrogens (tertiary/aromatic N) is 2. The monoisotopic (exact) mass is 281 g/mol. The quantitative estimate of drug-likeness (QED) is 0.833. The summed E-state index contributed by atoms with van der Waals surface area (Å²) in [4.78, 5) is 28.6. The second-order valence-corrected chi connectivity index (χ2v) is 6.87. The van der Waals surface area contributed by atoms with Crippen molar-refractivity contribution in [3.63, 3.8) is 0 Å². The van der Waals surface area contributed by atoms with Crippen molar-refractivity contribution < 1.29 is 9.59 Å². The topological polar surface area (TPSA) is 66.6 Å². The number of amides is 2. The first-order valence-electron chi connectivity index (χ1n) is 7.67. The number of hydrogen-bond donors (Lipinski definition) is 1. The van der Waals surface area contributed by atoms with Gasteiger partial charge >= 0.3 is 0 Å². The van der Waals surface area contributed by atoms with Gasteiger partial charge in [0.05, 0.1) is 0 Å². The molecule has 5 heteroatoms. The molecule has 2 N–H and O–H groups in total. The fraction of sp³-hybridized carbons (Fsp3) is 0.867. The molecule has 2 aliphatic heterocycles. The molecule has 5 nitrogen and oxygen atoms in total. The lowest BCUT2D eigenvalue weighted by atomic mass is 9.90. The highest BCUT2D eigenvalue weighted by atomic mass is 16.2. The Bertz CT molecular complexity index is 397. The summed E-state index contributed by atoms with van der Waals surface area (Å²) in [6.07, 6.45) is 2.68. The minimum atomic E-state index is -0.245. The van der Waals surface area contributed by atoms with Crippen LogP contribution in [-0.4, -0.2) is 53.8 Å². The van der Waals surface area contributed by atoms with Gasteiger partial charge in [-0.1, -0.05) is 20.8 Å². The number of nitrogens with two attached hydrogens (primary N) is 1. The molecule has 2 heterocycles. The molecule has 2 rings (SSSR count). The maximum atomic E-state index is 12.7. The maximum Gasteiger partial charge on any atom is 0.245 e. The first-order valence-corrected chi connectivity index (χ1v) is 7.67. The van der Waals surface area contributed by atoms with Gasteiger partial charge in [0.25, 0.3) is 0 Å². The molecule has 2 fully saturated rings. The largest absolute Gasteiger partial charge is 0.340 e. The van der Waals surface area contributed by atoms with Crippen molar-refractivity contribution in [2.24, 2.45) is 17.1 Å². The SMILES string of the molecule is CC(C)C(=O)N1CCCC1C(=O)N1CCC(C)(CN)C1. The smallest absolute Gasteiger partial charge is 0.245 e. The molecule has 2 saturated heterocycles. The van der Waals surface area contributed by atoms with Crippen LogP contribution in [0, 0.1) is 11.3 Å². The summed E-state index contributed by atoms with van der Waals surface area (Å²) < 4.78 is 0.